The van der Waals surface area contributed by atoms with Crippen molar-refractivity contribution >= 4 is 15.9 Å². The molecule has 0 unspecified atom stereocenters. The Kier molecular flexibility index (Phi) is 7.88. The van der Waals surface area contributed by atoms with Crippen LogP contribution in [-0.4, -0.2) is 78.7 Å². The van der Waals surface area contributed by atoms with Crippen LogP contribution in [0.5, 0.6) is 5.75 Å². The lowest BCUT2D eigenvalue weighted by molar-refractivity contribution is -0.129. The van der Waals surface area contributed by atoms with Gasteiger partial charge in [0.25, 0.3) is 0 Å². The number of carbonyl (C=O) groups excluding carboxylic acids is 1. The number of aliphatic hydroxyl groups is 2. The molecule has 1 aromatic carbocycles. The Balaban J connectivity index is 2.60. The average molecular weight is 439 g/mol. The number of amides is 1. The van der Waals surface area contributed by atoms with Crippen LogP contribution in [0.2, 0.25) is 0 Å². The predicted molar refractivity (Wildman–Crippen MR) is 112 cm³/mol. The van der Waals surface area contributed by atoms with E-state index in [0.717, 1.165) is 0 Å². The monoisotopic (exact) mass is 438 g/mol. The molecule has 4 atom stereocenters. The number of likely N-dealkylation sites (N-methyl/N-ethyl adjacent to an activating group) is 1. The summed E-state index contributed by atoms with van der Waals surface area (Å²) in [5.74, 6) is 5.17. The van der Waals surface area contributed by atoms with Gasteiger partial charge in [-0.15, -0.1) is 0 Å². The molecule has 1 aliphatic heterocycles. The second-order valence-corrected chi connectivity index (χ2v) is 9.61. The second kappa shape index (κ2) is 9.79. The predicted octanol–water partition coefficient (Wildman–Crippen LogP) is 0.666. The zero-order chi connectivity index (χ0) is 22.6. The van der Waals surface area contributed by atoms with E-state index in [0.29, 0.717) is 5.56 Å². The normalized spacial score (nSPS) is 22.9. The number of hydrogen-bond acceptors (Lipinski definition) is 6. The second-order valence-electron chi connectivity index (χ2n) is 7.75. The number of rotatable bonds is 4. The molecule has 0 aromatic heterocycles. The van der Waals surface area contributed by atoms with Crippen molar-refractivity contribution in [3.63, 3.8) is 0 Å². The van der Waals surface area contributed by atoms with E-state index < -0.39 is 28.3 Å². The third kappa shape index (κ3) is 5.52. The third-order valence-electron chi connectivity index (χ3n) is 5.08. The summed E-state index contributed by atoms with van der Waals surface area (Å²) in [4.78, 5) is 13.2. The molecule has 0 spiro atoms. The fourth-order valence-electron chi connectivity index (χ4n) is 3.11. The van der Waals surface area contributed by atoms with E-state index in [2.05, 4.69) is 11.8 Å². The van der Waals surface area contributed by atoms with Crippen molar-refractivity contribution in [2.24, 2.45) is 5.92 Å². The van der Waals surface area contributed by atoms with Gasteiger partial charge in [0, 0.05) is 38.0 Å². The maximum absolute atomic E-state index is 13.3. The Morgan fingerprint density at radius 3 is 2.63 bits per heavy atom. The lowest BCUT2D eigenvalue weighted by Gasteiger charge is -2.37. The first-order valence-electron chi connectivity index (χ1n) is 9.82. The molecule has 1 aliphatic rings. The first-order valence-corrected chi connectivity index (χ1v) is 11.3. The molecule has 0 saturated heterocycles. The van der Waals surface area contributed by atoms with Gasteiger partial charge in [-0.2, -0.15) is 4.31 Å². The highest BCUT2D eigenvalue weighted by atomic mass is 32.2. The fraction of sp³-hybridized carbons (Fsp3) is 0.571. The summed E-state index contributed by atoms with van der Waals surface area (Å²) in [5.41, 5.74) is 0.499. The Hall–Kier alpha value is -2.12. The van der Waals surface area contributed by atoms with Crippen LogP contribution in [0.25, 0.3) is 0 Å². The average Bonchev–Trinajstić information content (AvgIpc) is 2.68. The lowest BCUT2D eigenvalue weighted by Crippen LogP contribution is -2.50. The minimum absolute atomic E-state index is 0.0206. The number of ether oxygens (including phenoxy) is 1. The topological polar surface area (TPSA) is 107 Å². The molecule has 0 aliphatic carbocycles. The molecule has 2 N–H and O–H groups in total. The quantitative estimate of drug-likeness (QED) is 0.669. The van der Waals surface area contributed by atoms with E-state index in [1.165, 1.54) is 35.2 Å². The molecule has 2 rings (SSSR count). The summed E-state index contributed by atoms with van der Waals surface area (Å²) in [5, 5.41) is 19.0. The van der Waals surface area contributed by atoms with Crippen LogP contribution in [0.3, 0.4) is 0 Å². The van der Waals surface area contributed by atoms with Crippen molar-refractivity contribution < 1.29 is 28.2 Å². The molecule has 1 heterocycles. The van der Waals surface area contributed by atoms with Crippen molar-refractivity contribution in [3.8, 4) is 17.6 Å². The maximum Gasteiger partial charge on any atom is 0.247 e. The van der Waals surface area contributed by atoms with Crippen LogP contribution in [0, 0.1) is 17.8 Å². The third-order valence-corrected chi connectivity index (χ3v) is 7.10. The summed E-state index contributed by atoms with van der Waals surface area (Å²) >= 11 is 0. The number of fused-ring (bicyclic) bond motifs is 1. The van der Waals surface area contributed by atoms with Gasteiger partial charge in [0.15, 0.2) is 0 Å². The molecule has 30 heavy (non-hydrogen) atoms. The molecule has 0 fully saturated rings. The van der Waals surface area contributed by atoms with Crippen LogP contribution in [0.4, 0.5) is 0 Å². The first kappa shape index (κ1) is 24.2. The van der Waals surface area contributed by atoms with E-state index >= 15 is 0 Å². The van der Waals surface area contributed by atoms with Crippen molar-refractivity contribution in [3.05, 3.63) is 23.8 Å². The maximum atomic E-state index is 13.3. The number of nitrogens with zero attached hydrogens (tertiary/aromatic N) is 2. The zero-order valence-electron chi connectivity index (χ0n) is 18.0. The van der Waals surface area contributed by atoms with Crippen LogP contribution >= 0.6 is 0 Å². The lowest BCUT2D eigenvalue weighted by atomic mass is 10.0. The number of aliphatic hydroxyl groups excluding tert-OH is 2. The standard InChI is InChI=1S/C21H30N2O6S/c1-14-11-23(15(2)13-24)30(27,28)21-9-8-18(7-6-16(3)25)10-19(21)29-20(14)12-22(5)17(4)26/h8-10,14-16,20,24-25H,11-13H2,1-5H3/t14-,15-,16+,20+/m1/s1. The molecule has 1 amide bonds. The van der Waals surface area contributed by atoms with Gasteiger partial charge < -0.3 is 19.8 Å². The Bertz CT molecular complexity index is 935. The molecular formula is C21H30N2O6S. The molecule has 166 valence electrons. The van der Waals surface area contributed by atoms with Crippen LogP contribution in [-0.2, 0) is 14.8 Å². The van der Waals surface area contributed by atoms with Gasteiger partial charge in [0.1, 0.15) is 22.9 Å². The molecule has 9 heteroatoms. The van der Waals surface area contributed by atoms with Gasteiger partial charge in [-0.05, 0) is 32.0 Å². The molecule has 8 nitrogen and oxygen atoms in total. The first-order chi connectivity index (χ1) is 14.0. The summed E-state index contributed by atoms with van der Waals surface area (Å²) in [6, 6.07) is 3.89. The minimum Gasteiger partial charge on any atom is -0.487 e. The molecule has 0 bridgehead atoms. The van der Waals surface area contributed by atoms with Crippen molar-refractivity contribution in [1.82, 2.24) is 9.21 Å². The summed E-state index contributed by atoms with van der Waals surface area (Å²) in [6.45, 7) is 6.59. The fourth-order valence-corrected chi connectivity index (χ4v) is 4.93. The van der Waals surface area contributed by atoms with E-state index in [4.69, 9.17) is 4.74 Å². The Morgan fingerprint density at radius 1 is 1.40 bits per heavy atom. The van der Waals surface area contributed by atoms with Gasteiger partial charge in [-0.3, -0.25) is 4.79 Å². The summed E-state index contributed by atoms with van der Waals surface area (Å²) < 4.78 is 34.1. The van der Waals surface area contributed by atoms with Gasteiger partial charge in [0.05, 0.1) is 13.2 Å². The van der Waals surface area contributed by atoms with Crippen LogP contribution in [0.1, 0.15) is 33.3 Å². The van der Waals surface area contributed by atoms with E-state index in [1.807, 2.05) is 6.92 Å². The van der Waals surface area contributed by atoms with Crippen LogP contribution < -0.4 is 4.74 Å². The summed E-state index contributed by atoms with van der Waals surface area (Å²) in [7, 11) is -2.27. The van der Waals surface area contributed by atoms with Crippen molar-refractivity contribution in [1.29, 1.82) is 0 Å². The summed E-state index contributed by atoms with van der Waals surface area (Å²) in [6.07, 6.45) is -1.30. The van der Waals surface area contributed by atoms with E-state index in [1.54, 1.807) is 20.0 Å². The molecule has 0 radical (unpaired) electrons. The molecule has 0 saturated carbocycles. The number of carbonyl (C=O) groups is 1. The SMILES string of the molecule is CC(=O)N(C)C[C@@H]1Oc2cc(C#C[C@H](C)O)ccc2S(=O)(=O)N([C@H](C)CO)C[C@H]1C. The number of sulfonamides is 1. The van der Waals surface area contributed by atoms with Crippen molar-refractivity contribution in [2.75, 3.05) is 26.7 Å². The van der Waals surface area contributed by atoms with Gasteiger partial charge in [0.2, 0.25) is 15.9 Å². The zero-order valence-corrected chi connectivity index (χ0v) is 18.8. The van der Waals surface area contributed by atoms with Gasteiger partial charge in [-0.1, -0.05) is 18.8 Å². The van der Waals surface area contributed by atoms with Gasteiger partial charge in [-0.25, -0.2) is 8.42 Å². The van der Waals surface area contributed by atoms with Crippen LogP contribution in [0.15, 0.2) is 23.1 Å². The van der Waals surface area contributed by atoms with Gasteiger partial charge >= 0.3 is 0 Å². The highest BCUT2D eigenvalue weighted by Crippen LogP contribution is 2.34. The van der Waals surface area contributed by atoms with Crippen molar-refractivity contribution in [2.45, 2.75) is 50.8 Å². The molecular weight excluding hydrogens is 408 g/mol. The Morgan fingerprint density at radius 2 is 2.07 bits per heavy atom. The highest BCUT2D eigenvalue weighted by Gasteiger charge is 2.38. The van der Waals surface area contributed by atoms with E-state index in [-0.39, 0.29) is 42.2 Å². The Labute approximate surface area is 178 Å². The van der Waals surface area contributed by atoms with E-state index in [9.17, 15) is 23.4 Å². The molecule has 1 aromatic rings. The smallest absolute Gasteiger partial charge is 0.247 e. The number of hydrogen-bond donors (Lipinski definition) is 2. The largest absolute Gasteiger partial charge is 0.487 e. The highest BCUT2D eigenvalue weighted by molar-refractivity contribution is 7.89. The number of benzene rings is 1. The minimum atomic E-state index is -3.93.